The van der Waals surface area contributed by atoms with E-state index in [0.29, 0.717) is 12.6 Å². The van der Waals surface area contributed by atoms with Gasteiger partial charge in [0.25, 0.3) is 5.91 Å². The summed E-state index contributed by atoms with van der Waals surface area (Å²) in [5.41, 5.74) is -0.497. The zero-order chi connectivity index (χ0) is 15.9. The zero-order valence-electron chi connectivity index (χ0n) is 13.1. The van der Waals surface area contributed by atoms with Crippen LogP contribution in [0, 0.1) is 11.6 Å². The van der Waals surface area contributed by atoms with Crippen molar-refractivity contribution in [3.63, 3.8) is 0 Å². The largest absolute Gasteiger partial charge is 0.352 e. The van der Waals surface area contributed by atoms with Crippen molar-refractivity contribution in [2.45, 2.75) is 44.6 Å². The van der Waals surface area contributed by atoms with Crippen LogP contribution in [0.3, 0.4) is 0 Å². The van der Waals surface area contributed by atoms with Crippen molar-refractivity contribution in [3.05, 3.63) is 35.4 Å². The normalized spacial score (nSPS) is 16.0. The molecule has 1 aliphatic carbocycles. The van der Waals surface area contributed by atoms with Gasteiger partial charge in [-0.25, -0.2) is 8.78 Å². The van der Waals surface area contributed by atoms with E-state index in [0.717, 1.165) is 25.1 Å². The van der Waals surface area contributed by atoms with Gasteiger partial charge in [0.05, 0.1) is 0 Å². The molecule has 5 heteroatoms. The van der Waals surface area contributed by atoms with Crippen LogP contribution in [-0.2, 0) is 0 Å². The van der Waals surface area contributed by atoms with Gasteiger partial charge < -0.3 is 10.2 Å². The lowest BCUT2D eigenvalue weighted by molar-refractivity contribution is 0.0942. The fourth-order valence-electron chi connectivity index (χ4n) is 3.04. The molecule has 0 radical (unpaired) electrons. The fourth-order valence-corrected chi connectivity index (χ4v) is 3.04. The van der Waals surface area contributed by atoms with Gasteiger partial charge in [-0.2, -0.15) is 0 Å². The molecule has 0 aliphatic heterocycles. The van der Waals surface area contributed by atoms with Crippen molar-refractivity contribution >= 4 is 5.91 Å². The number of nitrogens with zero attached hydrogens (tertiary/aromatic N) is 1. The lowest BCUT2D eigenvalue weighted by Crippen LogP contribution is -2.36. The van der Waals surface area contributed by atoms with Crippen LogP contribution < -0.4 is 5.32 Å². The Balaban J connectivity index is 1.73. The second kappa shape index (κ2) is 8.22. The van der Waals surface area contributed by atoms with E-state index >= 15 is 0 Å². The molecule has 22 heavy (non-hydrogen) atoms. The molecule has 0 spiro atoms. The molecule has 0 unspecified atom stereocenters. The number of rotatable bonds is 6. The summed E-state index contributed by atoms with van der Waals surface area (Å²) in [6.07, 6.45) is 7.16. The lowest BCUT2D eigenvalue weighted by atomic mass is 9.94. The van der Waals surface area contributed by atoms with Crippen LogP contribution in [-0.4, -0.2) is 37.0 Å². The number of halogens is 2. The summed E-state index contributed by atoms with van der Waals surface area (Å²) in [5.74, 6) is -2.33. The summed E-state index contributed by atoms with van der Waals surface area (Å²) < 4.78 is 26.9. The first-order valence-corrected chi connectivity index (χ1v) is 8.02. The molecule has 1 saturated carbocycles. The number of nitrogens with one attached hydrogen (secondary N) is 1. The quantitative estimate of drug-likeness (QED) is 0.817. The van der Waals surface area contributed by atoms with Gasteiger partial charge in [-0.1, -0.05) is 25.3 Å². The highest BCUT2D eigenvalue weighted by atomic mass is 19.1. The van der Waals surface area contributed by atoms with Gasteiger partial charge in [0, 0.05) is 12.6 Å². The van der Waals surface area contributed by atoms with Gasteiger partial charge in [0.1, 0.15) is 17.2 Å². The number of hydrogen-bond donors (Lipinski definition) is 1. The first-order chi connectivity index (χ1) is 10.6. The van der Waals surface area contributed by atoms with Crippen molar-refractivity contribution in [1.29, 1.82) is 0 Å². The molecule has 1 amide bonds. The van der Waals surface area contributed by atoms with Crippen molar-refractivity contribution in [1.82, 2.24) is 10.2 Å². The molecule has 0 atom stereocenters. The molecular formula is C17H24F2N2O. The van der Waals surface area contributed by atoms with Crippen molar-refractivity contribution in [2.75, 3.05) is 20.1 Å². The fraction of sp³-hybridized carbons (Fsp3) is 0.588. The topological polar surface area (TPSA) is 32.3 Å². The minimum Gasteiger partial charge on any atom is -0.352 e. The van der Waals surface area contributed by atoms with Crippen molar-refractivity contribution < 1.29 is 13.6 Å². The van der Waals surface area contributed by atoms with Crippen LogP contribution in [0.2, 0.25) is 0 Å². The van der Waals surface area contributed by atoms with Gasteiger partial charge in [0.2, 0.25) is 0 Å². The smallest absolute Gasteiger partial charge is 0.257 e. The van der Waals surface area contributed by atoms with Gasteiger partial charge >= 0.3 is 0 Å². The molecule has 122 valence electrons. The molecule has 2 rings (SSSR count). The Morgan fingerprint density at radius 2 is 1.86 bits per heavy atom. The number of carbonyl (C=O) groups excluding carboxylic acids is 1. The highest BCUT2D eigenvalue weighted by Crippen LogP contribution is 2.21. The first kappa shape index (κ1) is 16.9. The average Bonchev–Trinajstić information content (AvgIpc) is 2.52. The third-order valence-corrected chi connectivity index (χ3v) is 4.36. The summed E-state index contributed by atoms with van der Waals surface area (Å²) >= 11 is 0. The molecule has 1 aromatic rings. The highest BCUT2D eigenvalue weighted by Gasteiger charge is 2.18. The number of amides is 1. The third kappa shape index (κ3) is 4.50. The average molecular weight is 310 g/mol. The summed E-state index contributed by atoms with van der Waals surface area (Å²) in [7, 11) is 2.11. The van der Waals surface area contributed by atoms with E-state index in [9.17, 15) is 13.6 Å². The molecule has 3 nitrogen and oxygen atoms in total. The Bertz CT molecular complexity index is 481. The van der Waals surface area contributed by atoms with Gasteiger partial charge in [-0.3, -0.25) is 4.79 Å². The van der Waals surface area contributed by atoms with Gasteiger partial charge in [0.15, 0.2) is 0 Å². The monoisotopic (exact) mass is 310 g/mol. The van der Waals surface area contributed by atoms with Crippen LogP contribution in [0.4, 0.5) is 8.78 Å². The molecule has 1 aliphatic rings. The van der Waals surface area contributed by atoms with E-state index < -0.39 is 23.1 Å². The molecule has 0 bridgehead atoms. The maximum absolute atomic E-state index is 13.5. The molecule has 1 fully saturated rings. The summed E-state index contributed by atoms with van der Waals surface area (Å²) in [6, 6.07) is 4.07. The molecule has 1 N–H and O–H groups in total. The van der Waals surface area contributed by atoms with E-state index in [4.69, 9.17) is 0 Å². The zero-order valence-corrected chi connectivity index (χ0v) is 13.1. The highest BCUT2D eigenvalue weighted by molar-refractivity contribution is 5.94. The summed E-state index contributed by atoms with van der Waals surface area (Å²) in [6.45, 7) is 1.30. The molecule has 0 saturated heterocycles. The number of hydrogen-bond acceptors (Lipinski definition) is 2. The first-order valence-electron chi connectivity index (χ1n) is 8.02. The van der Waals surface area contributed by atoms with Crippen LogP contribution in [0.25, 0.3) is 0 Å². The number of carbonyl (C=O) groups is 1. The van der Waals surface area contributed by atoms with Gasteiger partial charge in [-0.15, -0.1) is 0 Å². The Hall–Kier alpha value is -1.49. The molecule has 0 heterocycles. The summed E-state index contributed by atoms with van der Waals surface area (Å²) in [4.78, 5) is 14.2. The molecule has 0 aromatic heterocycles. The molecule has 1 aromatic carbocycles. The maximum Gasteiger partial charge on any atom is 0.257 e. The number of benzene rings is 1. The van der Waals surface area contributed by atoms with Gasteiger partial charge in [-0.05, 0) is 45.0 Å². The Kier molecular flexibility index (Phi) is 6.31. The van der Waals surface area contributed by atoms with Crippen LogP contribution in [0.5, 0.6) is 0 Å². The SMILES string of the molecule is CN(CCCNC(=O)c1c(F)cccc1F)C1CCCCC1. The van der Waals surface area contributed by atoms with E-state index in [1.54, 1.807) is 0 Å². The lowest BCUT2D eigenvalue weighted by Gasteiger charge is -2.31. The van der Waals surface area contributed by atoms with Crippen LogP contribution in [0.1, 0.15) is 48.9 Å². The maximum atomic E-state index is 13.5. The van der Waals surface area contributed by atoms with Crippen molar-refractivity contribution in [2.24, 2.45) is 0 Å². The van der Waals surface area contributed by atoms with Crippen LogP contribution in [0.15, 0.2) is 18.2 Å². The Morgan fingerprint density at radius 1 is 1.23 bits per heavy atom. The van der Waals surface area contributed by atoms with E-state index in [1.807, 2.05) is 0 Å². The molecular weight excluding hydrogens is 286 g/mol. The van der Waals surface area contributed by atoms with E-state index in [1.165, 1.54) is 38.2 Å². The van der Waals surface area contributed by atoms with E-state index in [-0.39, 0.29) is 0 Å². The third-order valence-electron chi connectivity index (χ3n) is 4.36. The standard InChI is InChI=1S/C17H24F2N2O/c1-21(13-7-3-2-4-8-13)12-6-11-20-17(22)16-14(18)9-5-10-15(16)19/h5,9-10,13H,2-4,6-8,11-12H2,1H3,(H,20,22). The Labute approximate surface area is 130 Å². The predicted octanol–water partition coefficient (Wildman–Crippen LogP) is 3.35. The second-order valence-corrected chi connectivity index (χ2v) is 5.98. The van der Waals surface area contributed by atoms with Crippen LogP contribution >= 0.6 is 0 Å². The van der Waals surface area contributed by atoms with Crippen molar-refractivity contribution in [3.8, 4) is 0 Å². The minimum atomic E-state index is -0.822. The van der Waals surface area contributed by atoms with E-state index in [2.05, 4.69) is 17.3 Å². The minimum absolute atomic E-state index is 0.420. The Morgan fingerprint density at radius 3 is 2.50 bits per heavy atom. The second-order valence-electron chi connectivity index (χ2n) is 5.98. The summed E-state index contributed by atoms with van der Waals surface area (Å²) in [5, 5.41) is 2.59. The predicted molar refractivity (Wildman–Crippen MR) is 82.8 cm³/mol.